The van der Waals surface area contributed by atoms with Crippen LogP contribution in [0.3, 0.4) is 0 Å². The highest BCUT2D eigenvalue weighted by atomic mass is 16.5. The van der Waals surface area contributed by atoms with Crippen molar-refractivity contribution in [1.82, 2.24) is 24.8 Å². The van der Waals surface area contributed by atoms with Gasteiger partial charge in [-0.05, 0) is 51.6 Å². The summed E-state index contributed by atoms with van der Waals surface area (Å²) in [6.45, 7) is 5.59. The van der Waals surface area contributed by atoms with Gasteiger partial charge in [-0.25, -0.2) is 4.68 Å². The Kier molecular flexibility index (Phi) is 5.31. The van der Waals surface area contributed by atoms with Gasteiger partial charge < -0.3 is 9.64 Å². The summed E-state index contributed by atoms with van der Waals surface area (Å²) in [5.74, 6) is 0.181. The summed E-state index contributed by atoms with van der Waals surface area (Å²) in [5, 5.41) is 8.74. The third-order valence-corrected chi connectivity index (χ3v) is 5.75. The molecule has 0 aliphatic carbocycles. The largest absolute Gasteiger partial charge is 0.368 e. The number of aromatic nitrogens is 3. The SMILES string of the molecule is O=C([C@@H]1CCCO1)N1CCC(n2cc(CN3CCCCC3)nn2)CC1. The second-order valence-electron chi connectivity index (χ2n) is 7.58. The van der Waals surface area contributed by atoms with E-state index in [0.29, 0.717) is 6.04 Å². The monoisotopic (exact) mass is 347 g/mol. The summed E-state index contributed by atoms with van der Waals surface area (Å²) >= 11 is 0. The number of hydrogen-bond donors (Lipinski definition) is 0. The van der Waals surface area contributed by atoms with Crippen LogP contribution >= 0.6 is 0 Å². The molecule has 138 valence electrons. The van der Waals surface area contributed by atoms with Gasteiger partial charge in [0.2, 0.25) is 0 Å². The number of carbonyl (C=O) groups excluding carboxylic acids is 1. The van der Waals surface area contributed by atoms with Crippen molar-refractivity contribution in [3.05, 3.63) is 11.9 Å². The summed E-state index contributed by atoms with van der Waals surface area (Å²) in [5.41, 5.74) is 1.07. The molecule has 3 fully saturated rings. The van der Waals surface area contributed by atoms with Crippen LogP contribution in [0.1, 0.15) is 56.7 Å². The summed E-state index contributed by atoms with van der Waals surface area (Å²) in [4.78, 5) is 16.9. The lowest BCUT2D eigenvalue weighted by Crippen LogP contribution is -2.44. The first kappa shape index (κ1) is 17.0. The molecule has 0 saturated carbocycles. The Labute approximate surface area is 149 Å². The van der Waals surface area contributed by atoms with Crippen LogP contribution in [0.4, 0.5) is 0 Å². The highest BCUT2D eigenvalue weighted by molar-refractivity contribution is 5.81. The molecule has 7 nitrogen and oxygen atoms in total. The zero-order valence-electron chi connectivity index (χ0n) is 15.0. The van der Waals surface area contributed by atoms with Crippen LogP contribution in [0, 0.1) is 0 Å². The number of likely N-dealkylation sites (tertiary alicyclic amines) is 2. The van der Waals surface area contributed by atoms with Crippen LogP contribution in [0.15, 0.2) is 6.20 Å². The quantitative estimate of drug-likeness (QED) is 0.828. The number of nitrogens with zero attached hydrogens (tertiary/aromatic N) is 5. The molecule has 25 heavy (non-hydrogen) atoms. The van der Waals surface area contributed by atoms with Crippen molar-refractivity contribution in [2.24, 2.45) is 0 Å². The number of hydrogen-bond acceptors (Lipinski definition) is 5. The molecule has 1 atom stereocenters. The molecule has 0 bridgehead atoms. The van der Waals surface area contributed by atoms with Gasteiger partial charge in [-0.2, -0.15) is 0 Å². The normalized spacial score (nSPS) is 26.2. The topological polar surface area (TPSA) is 63.5 Å². The van der Waals surface area contributed by atoms with E-state index in [-0.39, 0.29) is 12.0 Å². The van der Waals surface area contributed by atoms with Gasteiger partial charge in [0.05, 0.1) is 17.9 Å². The molecular weight excluding hydrogens is 318 g/mol. The zero-order valence-corrected chi connectivity index (χ0v) is 15.0. The number of ether oxygens (including phenoxy) is 1. The van der Waals surface area contributed by atoms with Crippen molar-refractivity contribution in [2.75, 3.05) is 32.8 Å². The van der Waals surface area contributed by atoms with Gasteiger partial charge in [-0.3, -0.25) is 9.69 Å². The van der Waals surface area contributed by atoms with E-state index in [1.54, 1.807) is 0 Å². The molecule has 3 aliphatic rings. The molecular formula is C18H29N5O2. The first-order chi connectivity index (χ1) is 12.3. The van der Waals surface area contributed by atoms with Gasteiger partial charge in [-0.15, -0.1) is 5.10 Å². The van der Waals surface area contributed by atoms with Gasteiger partial charge in [0.15, 0.2) is 0 Å². The molecule has 0 spiro atoms. The van der Waals surface area contributed by atoms with E-state index >= 15 is 0 Å². The van der Waals surface area contributed by atoms with Crippen LogP contribution < -0.4 is 0 Å². The van der Waals surface area contributed by atoms with Crippen molar-refractivity contribution >= 4 is 5.91 Å². The van der Waals surface area contributed by atoms with Crippen LogP contribution in [-0.2, 0) is 16.1 Å². The Balaban J connectivity index is 1.28. The highest BCUT2D eigenvalue weighted by Gasteiger charge is 2.31. The molecule has 1 aromatic rings. The van der Waals surface area contributed by atoms with Gasteiger partial charge in [-0.1, -0.05) is 11.6 Å². The van der Waals surface area contributed by atoms with Crippen LogP contribution in [0.25, 0.3) is 0 Å². The molecule has 0 aromatic carbocycles. The number of carbonyl (C=O) groups is 1. The third-order valence-electron chi connectivity index (χ3n) is 5.75. The molecule has 0 unspecified atom stereocenters. The van der Waals surface area contributed by atoms with Crippen LogP contribution in [-0.4, -0.2) is 69.6 Å². The second kappa shape index (κ2) is 7.83. The van der Waals surface area contributed by atoms with E-state index in [0.717, 1.165) is 57.6 Å². The predicted octanol–water partition coefficient (Wildman–Crippen LogP) is 1.61. The van der Waals surface area contributed by atoms with Gasteiger partial charge >= 0.3 is 0 Å². The fourth-order valence-corrected chi connectivity index (χ4v) is 4.24. The fourth-order valence-electron chi connectivity index (χ4n) is 4.24. The minimum Gasteiger partial charge on any atom is -0.368 e. The maximum atomic E-state index is 12.4. The van der Waals surface area contributed by atoms with Crippen LogP contribution in [0.5, 0.6) is 0 Å². The summed E-state index contributed by atoms with van der Waals surface area (Å²) < 4.78 is 7.55. The Bertz CT molecular complexity index is 570. The molecule has 0 radical (unpaired) electrons. The van der Waals surface area contributed by atoms with E-state index in [4.69, 9.17) is 4.74 Å². The van der Waals surface area contributed by atoms with E-state index in [2.05, 4.69) is 21.4 Å². The van der Waals surface area contributed by atoms with Crippen LogP contribution in [0.2, 0.25) is 0 Å². The second-order valence-corrected chi connectivity index (χ2v) is 7.58. The van der Waals surface area contributed by atoms with Crippen molar-refractivity contribution in [3.63, 3.8) is 0 Å². The van der Waals surface area contributed by atoms with Crippen molar-refractivity contribution in [3.8, 4) is 0 Å². The molecule has 0 N–H and O–H groups in total. The van der Waals surface area contributed by atoms with E-state index in [9.17, 15) is 4.79 Å². The fraction of sp³-hybridized carbons (Fsp3) is 0.833. The molecule has 3 saturated heterocycles. The molecule has 1 aromatic heterocycles. The molecule has 4 heterocycles. The average Bonchev–Trinajstić information content (AvgIpc) is 3.34. The maximum Gasteiger partial charge on any atom is 0.251 e. The van der Waals surface area contributed by atoms with Crippen molar-refractivity contribution in [1.29, 1.82) is 0 Å². The van der Waals surface area contributed by atoms with Gasteiger partial charge in [0, 0.05) is 26.2 Å². The Hall–Kier alpha value is -1.47. The number of rotatable bonds is 4. The summed E-state index contributed by atoms with van der Waals surface area (Å²) in [6, 6.07) is 0.358. The Morgan fingerprint density at radius 2 is 1.88 bits per heavy atom. The Morgan fingerprint density at radius 1 is 1.08 bits per heavy atom. The van der Waals surface area contributed by atoms with Gasteiger partial charge in [0.25, 0.3) is 5.91 Å². The average molecular weight is 347 g/mol. The number of piperidine rings is 2. The van der Waals surface area contributed by atoms with Crippen molar-refractivity contribution < 1.29 is 9.53 Å². The van der Waals surface area contributed by atoms with Crippen molar-refractivity contribution in [2.45, 2.75) is 63.6 Å². The molecule has 1 amide bonds. The summed E-state index contributed by atoms with van der Waals surface area (Å²) in [6.07, 6.45) is 9.64. The Morgan fingerprint density at radius 3 is 2.60 bits per heavy atom. The van der Waals surface area contributed by atoms with Gasteiger partial charge in [0.1, 0.15) is 6.10 Å². The first-order valence-corrected chi connectivity index (χ1v) is 9.83. The lowest BCUT2D eigenvalue weighted by Gasteiger charge is -2.33. The third kappa shape index (κ3) is 4.03. The lowest BCUT2D eigenvalue weighted by atomic mass is 10.0. The minimum absolute atomic E-state index is 0.181. The van der Waals surface area contributed by atoms with E-state index in [1.807, 2.05) is 9.58 Å². The molecule has 4 rings (SSSR count). The van der Waals surface area contributed by atoms with E-state index < -0.39 is 0 Å². The highest BCUT2D eigenvalue weighted by Crippen LogP contribution is 2.24. The molecule has 3 aliphatic heterocycles. The molecule has 7 heteroatoms. The maximum absolute atomic E-state index is 12.4. The first-order valence-electron chi connectivity index (χ1n) is 9.83. The summed E-state index contributed by atoms with van der Waals surface area (Å²) in [7, 11) is 0. The number of amides is 1. The smallest absolute Gasteiger partial charge is 0.251 e. The van der Waals surface area contributed by atoms with E-state index in [1.165, 1.54) is 32.4 Å². The lowest BCUT2D eigenvalue weighted by molar-refractivity contribution is -0.142. The zero-order chi connectivity index (χ0) is 17.1. The minimum atomic E-state index is -0.195. The standard InChI is InChI=1S/C18H29N5O2/c24-18(17-5-4-12-25-17)22-10-6-16(7-11-22)23-14-15(19-20-23)13-21-8-2-1-3-9-21/h14,16-17H,1-13H2/t17-/m0/s1. The predicted molar refractivity (Wildman–Crippen MR) is 93.0 cm³/mol.